The first-order chi connectivity index (χ1) is 11.1. The van der Waals surface area contributed by atoms with Crippen molar-refractivity contribution in [2.75, 3.05) is 12.4 Å². The fraction of sp³-hybridized carbons (Fsp3) is 0.0625. The summed E-state index contributed by atoms with van der Waals surface area (Å²) in [7, 11) is 1.51. The molecule has 0 aliphatic heterocycles. The number of amides is 2. The van der Waals surface area contributed by atoms with Gasteiger partial charge in [-0.3, -0.25) is 9.59 Å². The van der Waals surface area contributed by atoms with Crippen molar-refractivity contribution in [3.05, 3.63) is 59.9 Å². The zero-order valence-electron chi connectivity index (χ0n) is 12.2. The number of carbonyl (C=O) groups is 2. The molecule has 2 amide bonds. The topological polar surface area (TPSA) is 79.8 Å². The minimum Gasteiger partial charge on any atom is -0.496 e. The molecule has 0 fully saturated rings. The molecule has 0 spiro atoms. The van der Waals surface area contributed by atoms with Crippen LogP contribution in [0.2, 0.25) is 0 Å². The third kappa shape index (κ3) is 4.37. The largest absolute Gasteiger partial charge is 0.496 e. The summed E-state index contributed by atoms with van der Waals surface area (Å²) < 4.78 is 18.5. The van der Waals surface area contributed by atoms with E-state index in [0.717, 1.165) is 0 Å². The number of anilines is 1. The van der Waals surface area contributed by atoms with Crippen molar-refractivity contribution in [3.8, 4) is 5.75 Å². The van der Waals surface area contributed by atoms with E-state index in [1.165, 1.54) is 37.6 Å². The van der Waals surface area contributed by atoms with E-state index >= 15 is 0 Å². The Labute approximate surface area is 132 Å². The number of hydrogen-bond acceptors (Lipinski definition) is 4. The number of carbonyl (C=O) groups excluding carboxylic acids is 2. The molecule has 0 bridgehead atoms. The Morgan fingerprint density at radius 2 is 1.78 bits per heavy atom. The summed E-state index contributed by atoms with van der Waals surface area (Å²) in [4.78, 5) is 23.3. The molecule has 0 saturated heterocycles. The summed E-state index contributed by atoms with van der Waals surface area (Å²) in [6.07, 6.45) is 1.34. The highest BCUT2D eigenvalue weighted by molar-refractivity contribution is 6.39. The Hall–Kier alpha value is -3.22. The van der Waals surface area contributed by atoms with Crippen molar-refractivity contribution in [2.45, 2.75) is 0 Å². The number of nitrogens with zero attached hydrogens (tertiary/aromatic N) is 1. The predicted molar refractivity (Wildman–Crippen MR) is 83.8 cm³/mol. The van der Waals surface area contributed by atoms with Crippen LogP contribution in [0.4, 0.5) is 10.1 Å². The average Bonchev–Trinajstić information content (AvgIpc) is 2.57. The van der Waals surface area contributed by atoms with Crippen molar-refractivity contribution >= 4 is 23.7 Å². The maximum atomic E-state index is 13.4. The predicted octanol–water partition coefficient (Wildman–Crippen LogP) is 1.92. The van der Waals surface area contributed by atoms with Gasteiger partial charge < -0.3 is 10.1 Å². The van der Waals surface area contributed by atoms with Crippen LogP contribution in [-0.2, 0) is 9.59 Å². The molecule has 0 unspecified atom stereocenters. The quantitative estimate of drug-likeness (QED) is 0.514. The normalized spacial score (nSPS) is 10.3. The van der Waals surface area contributed by atoms with E-state index in [0.29, 0.717) is 11.3 Å². The van der Waals surface area contributed by atoms with Gasteiger partial charge in [-0.05, 0) is 24.3 Å². The zero-order chi connectivity index (χ0) is 16.7. The molecular formula is C16H14FN3O3. The van der Waals surface area contributed by atoms with Crippen LogP contribution in [0.5, 0.6) is 5.75 Å². The van der Waals surface area contributed by atoms with Crippen LogP contribution in [0.1, 0.15) is 5.56 Å². The number of hydrazone groups is 1. The first-order valence-electron chi connectivity index (χ1n) is 6.63. The van der Waals surface area contributed by atoms with E-state index in [2.05, 4.69) is 15.8 Å². The second-order valence-electron chi connectivity index (χ2n) is 4.38. The number of methoxy groups -OCH3 is 1. The van der Waals surface area contributed by atoms with E-state index in [4.69, 9.17) is 4.74 Å². The molecular weight excluding hydrogens is 301 g/mol. The molecule has 0 saturated carbocycles. The third-order valence-corrected chi connectivity index (χ3v) is 2.84. The van der Waals surface area contributed by atoms with Gasteiger partial charge in [0.15, 0.2) is 0 Å². The van der Waals surface area contributed by atoms with Crippen LogP contribution in [0.15, 0.2) is 53.6 Å². The molecule has 7 heteroatoms. The molecule has 0 atom stereocenters. The standard InChI is InChI=1S/C16H14FN3O3/c1-23-14-9-5-2-6-11(14)10-18-20-16(22)15(21)19-13-8-4-3-7-12(13)17/h2-10H,1H3,(H,19,21)(H,20,22)/b18-10-. The van der Waals surface area contributed by atoms with E-state index in [9.17, 15) is 14.0 Å². The van der Waals surface area contributed by atoms with Crippen molar-refractivity contribution < 1.29 is 18.7 Å². The molecule has 0 aromatic heterocycles. The highest BCUT2D eigenvalue weighted by Crippen LogP contribution is 2.14. The van der Waals surface area contributed by atoms with Crippen LogP contribution in [0.25, 0.3) is 0 Å². The summed E-state index contributed by atoms with van der Waals surface area (Å²) >= 11 is 0. The number of benzene rings is 2. The highest BCUT2D eigenvalue weighted by atomic mass is 19.1. The minimum absolute atomic E-state index is 0.0821. The van der Waals surface area contributed by atoms with Crippen molar-refractivity contribution in [1.29, 1.82) is 0 Å². The first kappa shape index (κ1) is 16.2. The molecule has 6 nitrogen and oxygen atoms in total. The van der Waals surface area contributed by atoms with E-state index in [-0.39, 0.29) is 5.69 Å². The number of nitrogens with one attached hydrogen (secondary N) is 2. The summed E-state index contributed by atoms with van der Waals surface area (Å²) in [6, 6.07) is 12.6. The molecule has 2 N–H and O–H groups in total. The Morgan fingerprint density at radius 3 is 2.52 bits per heavy atom. The molecule has 23 heavy (non-hydrogen) atoms. The lowest BCUT2D eigenvalue weighted by Crippen LogP contribution is -2.32. The molecule has 2 aromatic rings. The van der Waals surface area contributed by atoms with Gasteiger partial charge in [0.05, 0.1) is 19.0 Å². The second kappa shape index (κ2) is 7.69. The number of ether oxygens (including phenoxy) is 1. The van der Waals surface area contributed by atoms with Crippen LogP contribution in [-0.4, -0.2) is 25.1 Å². The van der Waals surface area contributed by atoms with Gasteiger partial charge in [-0.1, -0.05) is 24.3 Å². The molecule has 2 rings (SSSR count). The molecule has 2 aromatic carbocycles. The zero-order valence-corrected chi connectivity index (χ0v) is 12.2. The van der Waals surface area contributed by atoms with E-state index in [1.54, 1.807) is 24.3 Å². The van der Waals surface area contributed by atoms with Gasteiger partial charge in [-0.25, -0.2) is 9.82 Å². The van der Waals surface area contributed by atoms with E-state index in [1.807, 2.05) is 0 Å². The van der Waals surface area contributed by atoms with Crippen LogP contribution in [0, 0.1) is 5.82 Å². The molecule has 118 valence electrons. The van der Waals surface area contributed by atoms with Gasteiger partial charge in [0, 0.05) is 5.56 Å². The summed E-state index contributed by atoms with van der Waals surface area (Å²) in [5.41, 5.74) is 2.61. The average molecular weight is 315 g/mol. The number of rotatable bonds is 4. The number of hydrogen-bond donors (Lipinski definition) is 2. The monoisotopic (exact) mass is 315 g/mol. The van der Waals surface area contributed by atoms with Gasteiger partial charge in [0.25, 0.3) is 0 Å². The third-order valence-electron chi connectivity index (χ3n) is 2.84. The lowest BCUT2D eigenvalue weighted by atomic mass is 10.2. The van der Waals surface area contributed by atoms with Gasteiger partial charge >= 0.3 is 11.8 Å². The van der Waals surface area contributed by atoms with Gasteiger partial charge in [0.1, 0.15) is 11.6 Å². The number of para-hydroxylation sites is 2. The SMILES string of the molecule is COc1ccccc1/C=N\NC(=O)C(=O)Nc1ccccc1F. The van der Waals surface area contributed by atoms with E-state index < -0.39 is 17.6 Å². The van der Waals surface area contributed by atoms with Gasteiger partial charge in [0.2, 0.25) is 0 Å². The molecule has 0 radical (unpaired) electrons. The Morgan fingerprint density at radius 1 is 1.09 bits per heavy atom. The second-order valence-corrected chi connectivity index (χ2v) is 4.38. The molecule has 0 aliphatic carbocycles. The van der Waals surface area contributed by atoms with Gasteiger partial charge in [-0.2, -0.15) is 5.10 Å². The lowest BCUT2D eigenvalue weighted by Gasteiger charge is -2.05. The number of halogens is 1. The fourth-order valence-electron chi connectivity index (χ4n) is 1.73. The maximum Gasteiger partial charge on any atom is 0.329 e. The van der Waals surface area contributed by atoms with Crippen molar-refractivity contribution in [2.24, 2.45) is 5.10 Å². The Bertz CT molecular complexity index is 747. The van der Waals surface area contributed by atoms with Crippen LogP contribution < -0.4 is 15.5 Å². The summed E-state index contributed by atoms with van der Waals surface area (Å²) in [6.45, 7) is 0. The van der Waals surface area contributed by atoms with Crippen molar-refractivity contribution in [3.63, 3.8) is 0 Å². The van der Waals surface area contributed by atoms with Crippen LogP contribution >= 0.6 is 0 Å². The molecule has 0 aliphatic rings. The van der Waals surface area contributed by atoms with Crippen LogP contribution in [0.3, 0.4) is 0 Å². The van der Waals surface area contributed by atoms with Crippen molar-refractivity contribution in [1.82, 2.24) is 5.43 Å². The minimum atomic E-state index is -1.02. The molecule has 0 heterocycles. The highest BCUT2D eigenvalue weighted by Gasteiger charge is 2.14. The Kier molecular flexibility index (Phi) is 5.40. The summed E-state index contributed by atoms with van der Waals surface area (Å²) in [5.74, 6) is -2.10. The maximum absolute atomic E-state index is 13.4. The summed E-state index contributed by atoms with van der Waals surface area (Å²) in [5, 5.41) is 5.83. The van der Waals surface area contributed by atoms with Gasteiger partial charge in [-0.15, -0.1) is 0 Å². The lowest BCUT2D eigenvalue weighted by molar-refractivity contribution is -0.136. The smallest absolute Gasteiger partial charge is 0.329 e. The fourth-order valence-corrected chi connectivity index (χ4v) is 1.73. The Balaban J connectivity index is 1.95. The first-order valence-corrected chi connectivity index (χ1v) is 6.63.